The highest BCUT2D eigenvalue weighted by molar-refractivity contribution is 6.54. The number of halogens is 1. The summed E-state index contributed by atoms with van der Waals surface area (Å²) >= 11 is 5.97. The van der Waals surface area contributed by atoms with Crippen LogP contribution in [0.2, 0.25) is 5.02 Å². The van der Waals surface area contributed by atoms with Crippen molar-refractivity contribution in [2.45, 2.75) is 6.42 Å². The molecule has 1 heterocycles. The van der Waals surface area contributed by atoms with Gasteiger partial charge in [-0.1, -0.05) is 17.7 Å². The number of rotatable bonds is 3. The van der Waals surface area contributed by atoms with Gasteiger partial charge in [-0.3, -0.25) is 19.8 Å². The lowest BCUT2D eigenvalue weighted by Crippen LogP contribution is -2.36. The Morgan fingerprint density at radius 3 is 2.78 bits per heavy atom. The van der Waals surface area contributed by atoms with E-state index >= 15 is 0 Å². The average molecular weight is 268 g/mol. The normalized spacial score (nSPS) is 13.8. The number of anilines is 1. The van der Waals surface area contributed by atoms with Gasteiger partial charge in [-0.15, -0.1) is 0 Å². The van der Waals surface area contributed by atoms with Gasteiger partial charge in [0.15, 0.2) is 0 Å². The predicted octanol–water partition coefficient (Wildman–Crippen LogP) is 0.249. The highest BCUT2D eigenvalue weighted by Crippen LogP contribution is 2.35. The molecule has 18 heavy (non-hydrogen) atoms. The fourth-order valence-electron chi connectivity index (χ4n) is 1.81. The summed E-state index contributed by atoms with van der Waals surface area (Å²) in [7, 11) is 0. The van der Waals surface area contributed by atoms with Gasteiger partial charge in [0.25, 0.3) is 11.7 Å². The molecule has 0 atom stereocenters. The molecule has 0 aromatic heterocycles. The first-order valence-corrected chi connectivity index (χ1v) is 5.58. The van der Waals surface area contributed by atoms with E-state index in [4.69, 9.17) is 17.4 Å². The lowest BCUT2D eigenvalue weighted by atomic mass is 10.1. The summed E-state index contributed by atoms with van der Waals surface area (Å²) in [6.07, 6.45) is 0.000182. The third-order valence-electron chi connectivity index (χ3n) is 2.66. The lowest BCUT2D eigenvalue weighted by Gasteiger charge is -2.16. The summed E-state index contributed by atoms with van der Waals surface area (Å²) < 4.78 is 0. The van der Waals surface area contributed by atoms with Crippen LogP contribution < -0.4 is 16.2 Å². The van der Waals surface area contributed by atoms with Crippen molar-refractivity contribution in [2.75, 3.05) is 11.4 Å². The minimum absolute atomic E-state index is 0.000182. The van der Waals surface area contributed by atoms with Crippen molar-refractivity contribution in [3.63, 3.8) is 0 Å². The van der Waals surface area contributed by atoms with Crippen molar-refractivity contribution in [3.05, 3.63) is 28.8 Å². The minimum atomic E-state index is -0.678. The number of nitrogens with zero attached hydrogens (tertiary/aromatic N) is 1. The zero-order valence-electron chi connectivity index (χ0n) is 9.27. The van der Waals surface area contributed by atoms with Crippen LogP contribution in [0.3, 0.4) is 0 Å². The molecule has 1 aliphatic heterocycles. The maximum atomic E-state index is 11.8. The minimum Gasteiger partial charge on any atom is -0.303 e. The molecule has 7 heteroatoms. The lowest BCUT2D eigenvalue weighted by molar-refractivity contribution is -0.121. The van der Waals surface area contributed by atoms with E-state index in [9.17, 15) is 14.4 Å². The molecule has 0 saturated heterocycles. The molecule has 2 amide bonds. The van der Waals surface area contributed by atoms with Gasteiger partial charge in [0.1, 0.15) is 0 Å². The third-order valence-corrected chi connectivity index (χ3v) is 2.97. The molecule has 0 saturated carbocycles. The smallest absolute Gasteiger partial charge is 0.299 e. The number of ketones is 1. The summed E-state index contributed by atoms with van der Waals surface area (Å²) in [4.78, 5) is 35.7. The van der Waals surface area contributed by atoms with Gasteiger partial charge in [-0.2, -0.15) is 0 Å². The van der Waals surface area contributed by atoms with E-state index in [1.807, 2.05) is 5.43 Å². The highest BCUT2D eigenvalue weighted by atomic mass is 35.5. The van der Waals surface area contributed by atoms with Crippen LogP contribution in [-0.4, -0.2) is 24.1 Å². The zero-order chi connectivity index (χ0) is 13.3. The fraction of sp³-hybridized carbons (Fsp3) is 0.182. The number of benzene rings is 1. The maximum Gasteiger partial charge on any atom is 0.299 e. The quantitative estimate of drug-likeness (QED) is 0.355. The molecular formula is C11H10ClN3O3. The van der Waals surface area contributed by atoms with Crippen molar-refractivity contribution in [1.82, 2.24) is 5.43 Å². The van der Waals surface area contributed by atoms with E-state index in [0.717, 1.165) is 0 Å². The molecule has 6 nitrogen and oxygen atoms in total. The molecule has 1 aromatic rings. The predicted molar refractivity (Wildman–Crippen MR) is 65.1 cm³/mol. The van der Waals surface area contributed by atoms with Gasteiger partial charge in [0.2, 0.25) is 5.91 Å². The average Bonchev–Trinajstić information content (AvgIpc) is 2.61. The van der Waals surface area contributed by atoms with Crippen LogP contribution in [0.15, 0.2) is 18.2 Å². The Bertz CT molecular complexity index is 544. The molecule has 1 aliphatic rings. The van der Waals surface area contributed by atoms with Crippen LogP contribution >= 0.6 is 11.6 Å². The first kappa shape index (κ1) is 12.5. The van der Waals surface area contributed by atoms with Gasteiger partial charge in [-0.25, -0.2) is 5.84 Å². The number of hydrogen-bond donors (Lipinski definition) is 2. The van der Waals surface area contributed by atoms with Crippen LogP contribution in [-0.2, 0) is 9.59 Å². The number of para-hydroxylation sites is 1. The van der Waals surface area contributed by atoms with Crippen molar-refractivity contribution in [1.29, 1.82) is 0 Å². The molecule has 0 spiro atoms. The standard InChI is InChI=1S/C11H10ClN3O3/c12-7-3-1-2-6-9(7)15(11(18)10(6)17)5-4-8(16)14-13/h1-3H,4-5,13H2,(H,14,16). The number of nitrogens with two attached hydrogens (primary N) is 1. The number of carbonyl (C=O) groups excluding carboxylic acids is 3. The van der Waals surface area contributed by atoms with Crippen LogP contribution in [0.1, 0.15) is 16.8 Å². The Balaban J connectivity index is 2.31. The Morgan fingerprint density at radius 2 is 2.11 bits per heavy atom. The van der Waals surface area contributed by atoms with Crippen molar-refractivity contribution in [3.8, 4) is 0 Å². The molecular weight excluding hydrogens is 258 g/mol. The fourth-order valence-corrected chi connectivity index (χ4v) is 2.09. The second-order valence-corrected chi connectivity index (χ2v) is 4.15. The van der Waals surface area contributed by atoms with E-state index in [-0.39, 0.29) is 18.5 Å². The first-order valence-electron chi connectivity index (χ1n) is 5.20. The van der Waals surface area contributed by atoms with Gasteiger partial charge in [-0.05, 0) is 12.1 Å². The van der Waals surface area contributed by atoms with E-state index in [1.54, 1.807) is 12.1 Å². The molecule has 0 bridgehead atoms. The van der Waals surface area contributed by atoms with E-state index in [2.05, 4.69) is 0 Å². The molecule has 0 aliphatic carbocycles. The number of carbonyl (C=O) groups is 3. The highest BCUT2D eigenvalue weighted by Gasteiger charge is 2.37. The number of hydrogen-bond acceptors (Lipinski definition) is 4. The van der Waals surface area contributed by atoms with E-state index in [0.29, 0.717) is 10.7 Å². The number of nitrogens with one attached hydrogen (secondary N) is 1. The molecule has 0 unspecified atom stereocenters. The molecule has 94 valence electrons. The Kier molecular flexibility index (Phi) is 3.31. The largest absolute Gasteiger partial charge is 0.303 e. The Hall–Kier alpha value is -1.92. The number of Topliss-reactive ketones (excluding diaryl/α,β-unsaturated/α-hetero) is 1. The van der Waals surface area contributed by atoms with Crippen molar-refractivity contribution >= 4 is 34.9 Å². The van der Waals surface area contributed by atoms with Crippen LogP contribution in [0.4, 0.5) is 5.69 Å². The van der Waals surface area contributed by atoms with E-state index < -0.39 is 17.6 Å². The van der Waals surface area contributed by atoms with Crippen LogP contribution in [0.5, 0.6) is 0 Å². The van der Waals surface area contributed by atoms with Crippen LogP contribution in [0, 0.1) is 0 Å². The summed E-state index contributed by atoms with van der Waals surface area (Å²) in [5, 5.41) is 0.305. The summed E-state index contributed by atoms with van der Waals surface area (Å²) in [6.45, 7) is 0.0599. The summed E-state index contributed by atoms with van der Waals surface area (Å²) in [5.41, 5.74) is 2.58. The molecule has 0 fully saturated rings. The summed E-state index contributed by atoms with van der Waals surface area (Å²) in [5.74, 6) is 3.24. The molecule has 3 N–H and O–H groups in total. The molecule has 0 radical (unpaired) electrons. The molecule has 2 rings (SSSR count). The second kappa shape index (κ2) is 4.75. The van der Waals surface area contributed by atoms with Gasteiger partial charge >= 0.3 is 0 Å². The van der Waals surface area contributed by atoms with Gasteiger partial charge < -0.3 is 4.90 Å². The van der Waals surface area contributed by atoms with Crippen molar-refractivity contribution < 1.29 is 14.4 Å². The third kappa shape index (κ3) is 1.96. The number of amides is 2. The van der Waals surface area contributed by atoms with Gasteiger partial charge in [0, 0.05) is 13.0 Å². The second-order valence-electron chi connectivity index (χ2n) is 3.74. The SMILES string of the molecule is NNC(=O)CCN1C(=O)C(=O)c2cccc(Cl)c21. The van der Waals surface area contributed by atoms with Crippen LogP contribution in [0.25, 0.3) is 0 Å². The van der Waals surface area contributed by atoms with E-state index in [1.165, 1.54) is 11.0 Å². The topological polar surface area (TPSA) is 92.5 Å². The zero-order valence-corrected chi connectivity index (χ0v) is 10.0. The summed E-state index contributed by atoms with van der Waals surface area (Å²) in [6, 6.07) is 4.72. The number of fused-ring (bicyclic) bond motifs is 1. The Morgan fingerprint density at radius 1 is 1.39 bits per heavy atom. The number of hydrazine groups is 1. The first-order chi connectivity index (χ1) is 8.56. The van der Waals surface area contributed by atoms with Crippen molar-refractivity contribution in [2.24, 2.45) is 5.84 Å². The maximum absolute atomic E-state index is 11.8. The monoisotopic (exact) mass is 267 g/mol. The Labute approximate surface area is 108 Å². The molecule has 1 aromatic carbocycles. The van der Waals surface area contributed by atoms with Gasteiger partial charge in [0.05, 0.1) is 16.3 Å².